The van der Waals surface area contributed by atoms with Gasteiger partial charge in [0.05, 0.1) is 33.5 Å². The van der Waals surface area contributed by atoms with Gasteiger partial charge in [-0.2, -0.15) is 0 Å². The number of aromatic nitrogens is 1. The van der Waals surface area contributed by atoms with Crippen molar-refractivity contribution in [2.24, 2.45) is 11.3 Å². The van der Waals surface area contributed by atoms with Crippen molar-refractivity contribution in [3.63, 3.8) is 0 Å². The molecule has 0 amide bonds. The van der Waals surface area contributed by atoms with E-state index in [9.17, 15) is 28.7 Å². The summed E-state index contributed by atoms with van der Waals surface area (Å²) in [6.45, 7) is 5.06. The average Bonchev–Trinajstić information content (AvgIpc) is 3.17. The summed E-state index contributed by atoms with van der Waals surface area (Å²) in [6, 6.07) is 12.3. The quantitative estimate of drug-likeness (QED) is 0.432. The SMILES string of the molecule is Cc1ccc(S(=O)(=O)n2cc([C@H]3[C@H]4CC[C@](C)([C@H](O)[C@]4(C)O)[C@@H]3[N+](=O)[O-])c3ccccc32)cc1. The van der Waals surface area contributed by atoms with E-state index < -0.39 is 45.0 Å². The van der Waals surface area contributed by atoms with Gasteiger partial charge in [0.15, 0.2) is 0 Å². The Labute approximate surface area is 198 Å². The van der Waals surface area contributed by atoms with E-state index in [4.69, 9.17) is 0 Å². The average molecular weight is 485 g/mol. The van der Waals surface area contributed by atoms with Gasteiger partial charge in [0, 0.05) is 22.4 Å². The first kappa shape index (κ1) is 23.0. The van der Waals surface area contributed by atoms with Crippen LogP contribution in [0.5, 0.6) is 0 Å². The molecule has 3 aliphatic rings. The lowest BCUT2D eigenvalue weighted by Crippen LogP contribution is -2.70. The third kappa shape index (κ3) is 3.00. The Hall–Kier alpha value is -2.75. The van der Waals surface area contributed by atoms with Crippen LogP contribution < -0.4 is 0 Å². The van der Waals surface area contributed by atoms with Crippen molar-refractivity contribution in [3.05, 3.63) is 76.0 Å². The van der Waals surface area contributed by atoms with Gasteiger partial charge in [-0.15, -0.1) is 0 Å². The van der Waals surface area contributed by atoms with Crippen molar-refractivity contribution >= 4 is 20.9 Å². The Kier molecular flexibility index (Phi) is 4.99. The molecular formula is C25H28N2O6S. The molecule has 3 aromatic rings. The lowest BCUT2D eigenvalue weighted by Gasteiger charge is -2.59. The first-order valence-electron chi connectivity index (χ1n) is 11.4. The minimum Gasteiger partial charge on any atom is -0.389 e. The second kappa shape index (κ2) is 7.37. The molecule has 9 heteroatoms. The number of aliphatic hydroxyl groups excluding tert-OH is 1. The van der Waals surface area contributed by atoms with E-state index in [0.29, 0.717) is 29.3 Å². The van der Waals surface area contributed by atoms with E-state index in [2.05, 4.69) is 0 Å². The van der Waals surface area contributed by atoms with Crippen LogP contribution in [-0.2, 0) is 10.0 Å². The van der Waals surface area contributed by atoms with Gasteiger partial charge in [-0.1, -0.05) is 42.8 Å². The molecule has 0 aliphatic heterocycles. The number of para-hydroxylation sites is 1. The van der Waals surface area contributed by atoms with Crippen molar-refractivity contribution in [3.8, 4) is 0 Å². The van der Waals surface area contributed by atoms with Gasteiger partial charge in [0.2, 0.25) is 6.04 Å². The molecule has 6 rings (SSSR count). The number of aliphatic hydroxyl groups is 2. The Morgan fingerprint density at radius 2 is 1.76 bits per heavy atom. The molecule has 1 heterocycles. The minimum absolute atomic E-state index is 0.121. The van der Waals surface area contributed by atoms with Crippen molar-refractivity contribution in [2.75, 3.05) is 0 Å². The van der Waals surface area contributed by atoms with Crippen LogP contribution in [0.2, 0.25) is 0 Å². The lowest BCUT2D eigenvalue weighted by molar-refractivity contribution is -0.566. The van der Waals surface area contributed by atoms with E-state index >= 15 is 0 Å². The molecule has 0 saturated heterocycles. The molecule has 1 aromatic heterocycles. The van der Waals surface area contributed by atoms with Crippen LogP contribution in [0.3, 0.4) is 0 Å². The predicted octanol–water partition coefficient (Wildman–Crippen LogP) is 3.46. The minimum atomic E-state index is -3.97. The fraction of sp³-hybridized carbons (Fsp3) is 0.440. The number of nitro groups is 1. The van der Waals surface area contributed by atoms with Crippen molar-refractivity contribution < 1.29 is 23.6 Å². The van der Waals surface area contributed by atoms with Crippen molar-refractivity contribution in [2.45, 2.75) is 62.2 Å². The van der Waals surface area contributed by atoms with Gasteiger partial charge in [-0.25, -0.2) is 12.4 Å². The Balaban J connectivity index is 1.76. The maximum Gasteiger partial charge on any atom is 0.268 e. The van der Waals surface area contributed by atoms with Crippen LogP contribution >= 0.6 is 0 Å². The molecule has 3 fully saturated rings. The Morgan fingerprint density at radius 3 is 2.41 bits per heavy atom. The highest BCUT2D eigenvalue weighted by atomic mass is 32.2. The largest absolute Gasteiger partial charge is 0.389 e. The van der Waals surface area contributed by atoms with E-state index in [0.717, 1.165) is 5.56 Å². The normalized spacial score (nSPS) is 33.3. The van der Waals surface area contributed by atoms with Crippen LogP contribution in [0.25, 0.3) is 10.9 Å². The van der Waals surface area contributed by atoms with Gasteiger partial charge >= 0.3 is 0 Å². The number of hydrogen-bond donors (Lipinski definition) is 2. The van der Waals surface area contributed by atoms with Gasteiger partial charge in [0.25, 0.3) is 10.0 Å². The number of aryl methyl sites for hydroxylation is 1. The molecule has 2 aromatic carbocycles. The van der Waals surface area contributed by atoms with Crippen LogP contribution in [-0.4, -0.2) is 45.3 Å². The maximum atomic E-state index is 13.6. The number of hydrogen-bond acceptors (Lipinski definition) is 6. The number of fused-ring (bicyclic) bond motifs is 4. The Bertz CT molecular complexity index is 1390. The summed E-state index contributed by atoms with van der Waals surface area (Å²) < 4.78 is 28.4. The standard InChI is InChI=1S/C25H28N2O6S/c1-15-8-10-16(11-9-15)34(32,33)26-14-18(17-6-4-5-7-20(17)26)21-19-12-13-24(2,22(21)27(30)31)23(28)25(19,3)29/h4-11,14,19,21-23,28-29H,12-13H2,1-3H3/t19-,21+,22-,23+,24+,25-/m1/s1. The summed E-state index contributed by atoms with van der Waals surface area (Å²) >= 11 is 0. The van der Waals surface area contributed by atoms with Gasteiger partial charge in [-0.05, 0) is 50.5 Å². The zero-order valence-corrected chi connectivity index (χ0v) is 20.1. The number of nitrogens with zero attached hydrogens (tertiary/aromatic N) is 2. The first-order valence-corrected chi connectivity index (χ1v) is 12.8. The highest BCUT2D eigenvalue weighted by Crippen LogP contribution is 2.61. The highest BCUT2D eigenvalue weighted by molar-refractivity contribution is 7.90. The summed E-state index contributed by atoms with van der Waals surface area (Å²) in [5, 5.41) is 35.2. The Morgan fingerprint density at radius 1 is 1.12 bits per heavy atom. The van der Waals surface area contributed by atoms with E-state index in [1.165, 1.54) is 17.1 Å². The molecule has 8 nitrogen and oxygen atoms in total. The zero-order chi connectivity index (χ0) is 24.6. The molecular weight excluding hydrogens is 456 g/mol. The summed E-state index contributed by atoms with van der Waals surface area (Å²) in [6.07, 6.45) is 1.14. The van der Waals surface area contributed by atoms with Crippen molar-refractivity contribution in [1.29, 1.82) is 0 Å². The predicted molar refractivity (Wildman–Crippen MR) is 127 cm³/mol. The van der Waals surface area contributed by atoms with E-state index in [-0.39, 0.29) is 9.82 Å². The molecule has 2 N–H and O–H groups in total. The van der Waals surface area contributed by atoms with Gasteiger partial charge in [-0.3, -0.25) is 10.1 Å². The summed E-state index contributed by atoms with van der Waals surface area (Å²) in [7, 11) is -3.97. The maximum absolute atomic E-state index is 13.6. The van der Waals surface area contributed by atoms with E-state index in [1.807, 2.05) is 6.92 Å². The third-order valence-corrected chi connectivity index (χ3v) is 9.93. The number of rotatable bonds is 4. The zero-order valence-electron chi connectivity index (χ0n) is 19.2. The fourth-order valence-electron chi connectivity index (χ4n) is 6.47. The molecule has 34 heavy (non-hydrogen) atoms. The van der Waals surface area contributed by atoms with Crippen LogP contribution in [0.1, 0.15) is 43.7 Å². The second-order valence-corrected chi connectivity index (χ2v) is 12.1. The van der Waals surface area contributed by atoms with E-state index in [1.54, 1.807) is 55.5 Å². The molecule has 0 radical (unpaired) electrons. The summed E-state index contributed by atoms with van der Waals surface area (Å²) in [5.74, 6) is -1.35. The molecule has 6 atom stereocenters. The molecule has 2 bridgehead atoms. The summed E-state index contributed by atoms with van der Waals surface area (Å²) in [5.41, 5.74) is -0.824. The van der Waals surface area contributed by atoms with Crippen LogP contribution in [0, 0.1) is 28.4 Å². The smallest absolute Gasteiger partial charge is 0.268 e. The first-order chi connectivity index (χ1) is 15.9. The fourth-order valence-corrected chi connectivity index (χ4v) is 7.85. The van der Waals surface area contributed by atoms with Gasteiger partial charge < -0.3 is 10.2 Å². The molecule has 180 valence electrons. The highest BCUT2D eigenvalue weighted by Gasteiger charge is 2.70. The topological polar surface area (TPSA) is 123 Å². The lowest BCUT2D eigenvalue weighted by atomic mass is 9.46. The monoisotopic (exact) mass is 484 g/mol. The second-order valence-electron chi connectivity index (χ2n) is 10.3. The molecule has 0 unspecified atom stereocenters. The van der Waals surface area contributed by atoms with Crippen LogP contribution in [0.4, 0.5) is 0 Å². The third-order valence-electron chi connectivity index (χ3n) is 8.25. The number of benzene rings is 2. The van der Waals surface area contributed by atoms with Gasteiger partial charge in [0.1, 0.15) is 0 Å². The molecule has 3 aliphatic carbocycles. The van der Waals surface area contributed by atoms with Crippen molar-refractivity contribution in [1.82, 2.24) is 3.97 Å². The molecule has 3 saturated carbocycles. The van der Waals surface area contributed by atoms with Crippen LogP contribution in [0.15, 0.2) is 59.6 Å². The summed E-state index contributed by atoms with van der Waals surface area (Å²) in [4.78, 5) is 12.1. The molecule has 0 spiro atoms.